The summed E-state index contributed by atoms with van der Waals surface area (Å²) < 4.78 is 90.5. The Kier molecular flexibility index (Phi) is 12.9. The Morgan fingerprint density at radius 3 is 2.15 bits per heavy atom. The number of alkyl halides is 6. The van der Waals surface area contributed by atoms with Crippen molar-refractivity contribution in [2.24, 2.45) is 0 Å². The van der Waals surface area contributed by atoms with Crippen LogP contribution in [-0.4, -0.2) is 106 Å². The molecule has 0 radical (unpaired) electrons. The van der Waals surface area contributed by atoms with E-state index in [0.717, 1.165) is 11.3 Å². The summed E-state index contributed by atoms with van der Waals surface area (Å²) in [5.74, 6) is -3.44. The minimum atomic E-state index is -5.08. The Morgan fingerprint density at radius 2 is 1.57 bits per heavy atom. The van der Waals surface area contributed by atoms with E-state index in [1.807, 2.05) is 19.9 Å². The van der Waals surface area contributed by atoms with Gasteiger partial charge in [0.1, 0.15) is 11.6 Å². The van der Waals surface area contributed by atoms with Crippen LogP contribution in [0.4, 0.5) is 52.9 Å². The van der Waals surface area contributed by atoms with Crippen LogP contribution in [0.25, 0.3) is 5.65 Å². The number of aromatic nitrogens is 3. The first-order valence-corrected chi connectivity index (χ1v) is 16.1. The van der Waals surface area contributed by atoms with Crippen LogP contribution in [0.5, 0.6) is 5.75 Å². The number of piperazine rings is 1. The molecule has 5 rings (SSSR count). The Morgan fingerprint density at radius 1 is 0.925 bits per heavy atom. The van der Waals surface area contributed by atoms with Gasteiger partial charge in [-0.3, -0.25) is 4.79 Å². The fourth-order valence-corrected chi connectivity index (χ4v) is 5.02. The Labute approximate surface area is 297 Å². The number of nitrogens with one attached hydrogen (secondary N) is 2. The summed E-state index contributed by atoms with van der Waals surface area (Å²) in [5, 5.41) is 17.4. The Bertz CT molecular complexity index is 1870. The SMILES string of the molecule is CCN(CC)C(=O)c1ccc(Nc2nc3ccc(N4CCN(C(=O)NCc5ccc(F)cc5)CC4)cn3n2)c(OCC(F)(F)F)c1.O=C(O)C(F)(F)F. The monoisotopic (exact) mass is 756 g/mol. The van der Waals surface area contributed by atoms with E-state index in [1.54, 1.807) is 38.7 Å². The molecule has 0 spiro atoms. The van der Waals surface area contributed by atoms with Crippen LogP contribution in [0, 0.1) is 5.82 Å². The van der Waals surface area contributed by atoms with Gasteiger partial charge < -0.3 is 35.2 Å². The molecule has 1 aliphatic heterocycles. The zero-order valence-corrected chi connectivity index (χ0v) is 28.3. The normalized spacial score (nSPS) is 13.2. The number of benzene rings is 2. The Hall–Kier alpha value is -5.82. The van der Waals surface area contributed by atoms with E-state index in [1.165, 1.54) is 30.3 Å². The van der Waals surface area contributed by atoms with E-state index in [0.29, 0.717) is 51.5 Å². The van der Waals surface area contributed by atoms with Gasteiger partial charge in [0.25, 0.3) is 5.91 Å². The summed E-state index contributed by atoms with van der Waals surface area (Å²) in [6.07, 6.45) is -7.88. The number of urea groups is 1. The van der Waals surface area contributed by atoms with Crippen LogP contribution in [0.2, 0.25) is 0 Å². The molecule has 1 fully saturated rings. The maximum atomic E-state index is 13.1. The van der Waals surface area contributed by atoms with Crippen molar-refractivity contribution in [1.82, 2.24) is 29.7 Å². The molecule has 13 nitrogen and oxygen atoms in total. The van der Waals surface area contributed by atoms with Gasteiger partial charge in [-0.25, -0.2) is 18.5 Å². The molecule has 3 heterocycles. The molecule has 1 aliphatic rings. The molecule has 0 unspecified atom stereocenters. The average Bonchev–Trinajstić information content (AvgIpc) is 3.52. The molecule has 3 N–H and O–H groups in total. The third-order valence-corrected chi connectivity index (χ3v) is 7.76. The van der Waals surface area contributed by atoms with Crippen molar-refractivity contribution in [2.45, 2.75) is 32.7 Å². The summed E-state index contributed by atoms with van der Waals surface area (Å²) in [6, 6.07) is 13.7. The van der Waals surface area contributed by atoms with Gasteiger partial charge in [0.15, 0.2) is 12.3 Å². The number of carbonyl (C=O) groups is 3. The molecule has 4 aromatic rings. The predicted molar refractivity (Wildman–Crippen MR) is 178 cm³/mol. The van der Waals surface area contributed by atoms with Gasteiger partial charge in [0.2, 0.25) is 5.95 Å². The number of pyridine rings is 1. The maximum Gasteiger partial charge on any atom is 0.490 e. The van der Waals surface area contributed by atoms with Crippen molar-refractivity contribution in [2.75, 3.05) is 56.1 Å². The van der Waals surface area contributed by atoms with Crippen molar-refractivity contribution >= 4 is 40.9 Å². The molecule has 20 heteroatoms. The van der Waals surface area contributed by atoms with Crippen LogP contribution in [0.3, 0.4) is 0 Å². The quantitative estimate of drug-likeness (QED) is 0.174. The van der Waals surface area contributed by atoms with E-state index in [-0.39, 0.29) is 40.7 Å². The second-order valence-corrected chi connectivity index (χ2v) is 11.4. The van der Waals surface area contributed by atoms with Crippen molar-refractivity contribution in [3.63, 3.8) is 0 Å². The lowest BCUT2D eigenvalue weighted by Gasteiger charge is -2.36. The molecule has 3 amide bonds. The molecule has 0 atom stereocenters. The molecular formula is C33H35F7N8O5. The predicted octanol–water partition coefficient (Wildman–Crippen LogP) is 5.70. The number of carbonyl (C=O) groups excluding carboxylic acids is 2. The fraction of sp³-hybridized carbons (Fsp3) is 0.364. The van der Waals surface area contributed by atoms with Crippen molar-refractivity contribution in [1.29, 1.82) is 0 Å². The highest BCUT2D eigenvalue weighted by molar-refractivity contribution is 5.95. The third-order valence-electron chi connectivity index (χ3n) is 7.76. The van der Waals surface area contributed by atoms with Gasteiger partial charge in [-0.2, -0.15) is 31.3 Å². The largest absolute Gasteiger partial charge is 0.490 e. The van der Waals surface area contributed by atoms with Gasteiger partial charge in [-0.05, 0) is 61.9 Å². The number of hydrogen-bond donors (Lipinski definition) is 3. The fourth-order valence-electron chi connectivity index (χ4n) is 5.02. The van der Waals surface area contributed by atoms with Crippen LogP contribution in [0.15, 0.2) is 60.8 Å². The lowest BCUT2D eigenvalue weighted by atomic mass is 10.1. The van der Waals surface area contributed by atoms with Crippen molar-refractivity contribution < 1.29 is 55.0 Å². The maximum absolute atomic E-state index is 13.1. The van der Waals surface area contributed by atoms with E-state index in [2.05, 4.69) is 25.6 Å². The molecule has 0 saturated carbocycles. The van der Waals surface area contributed by atoms with Crippen LogP contribution in [-0.2, 0) is 11.3 Å². The summed E-state index contributed by atoms with van der Waals surface area (Å²) in [4.78, 5) is 44.2. The lowest BCUT2D eigenvalue weighted by Crippen LogP contribution is -2.51. The number of halogens is 7. The number of nitrogens with zero attached hydrogens (tertiary/aromatic N) is 6. The number of aliphatic carboxylic acids is 1. The molecule has 0 aliphatic carbocycles. The number of fused-ring (bicyclic) bond motifs is 1. The van der Waals surface area contributed by atoms with Gasteiger partial charge in [0, 0.05) is 51.4 Å². The van der Waals surface area contributed by atoms with Gasteiger partial charge >= 0.3 is 24.4 Å². The van der Waals surface area contributed by atoms with Crippen molar-refractivity contribution in [3.8, 4) is 5.75 Å². The number of hydrogen-bond acceptors (Lipinski definition) is 8. The van der Waals surface area contributed by atoms with Gasteiger partial charge in [-0.15, -0.1) is 5.10 Å². The molecule has 2 aromatic carbocycles. The minimum absolute atomic E-state index is 0.125. The number of amides is 3. The zero-order chi connectivity index (χ0) is 38.9. The van der Waals surface area contributed by atoms with Crippen molar-refractivity contribution in [3.05, 3.63) is 77.7 Å². The highest BCUT2D eigenvalue weighted by Crippen LogP contribution is 2.31. The molecule has 1 saturated heterocycles. The van der Waals surface area contributed by atoms with E-state index >= 15 is 0 Å². The Balaban J connectivity index is 0.000000815. The first-order valence-electron chi connectivity index (χ1n) is 16.1. The molecule has 286 valence electrons. The summed E-state index contributed by atoms with van der Waals surface area (Å²) in [5.41, 5.74) is 2.52. The summed E-state index contributed by atoms with van der Waals surface area (Å²) in [6.45, 7) is 5.44. The highest BCUT2D eigenvalue weighted by atomic mass is 19.4. The van der Waals surface area contributed by atoms with Crippen LogP contribution in [0.1, 0.15) is 29.8 Å². The summed E-state index contributed by atoms with van der Waals surface area (Å²) >= 11 is 0. The van der Waals surface area contributed by atoms with Crippen LogP contribution < -0.4 is 20.3 Å². The number of ether oxygens (including phenoxy) is 1. The van der Waals surface area contributed by atoms with Gasteiger partial charge in [-0.1, -0.05) is 12.1 Å². The average molecular weight is 757 g/mol. The first-order chi connectivity index (χ1) is 25.0. The lowest BCUT2D eigenvalue weighted by molar-refractivity contribution is -0.192. The van der Waals surface area contributed by atoms with Gasteiger partial charge in [0.05, 0.1) is 17.6 Å². The zero-order valence-electron chi connectivity index (χ0n) is 28.3. The standard InChI is InChI=1S/C31H34F4N8O3.C2HF3O2/c1-3-40(4-2)28(44)22-7-11-25(26(17-22)46-20-31(33,34)35)37-29-38-27-12-10-24(19-43(27)39-29)41-13-15-42(16-14-41)30(45)36-18-21-5-8-23(32)9-6-21;3-2(4,5)1(6)7/h5-12,17,19H,3-4,13-16,18,20H2,1-2H3,(H,36,45)(H,37,39);(H,6,7). The van der Waals surface area contributed by atoms with E-state index in [4.69, 9.17) is 14.6 Å². The van der Waals surface area contributed by atoms with E-state index < -0.39 is 24.9 Å². The summed E-state index contributed by atoms with van der Waals surface area (Å²) in [7, 11) is 0. The minimum Gasteiger partial charge on any atom is -0.482 e. The highest BCUT2D eigenvalue weighted by Gasteiger charge is 2.38. The van der Waals surface area contributed by atoms with E-state index in [9.17, 15) is 40.3 Å². The first kappa shape index (κ1) is 40.0. The second kappa shape index (κ2) is 17.1. The smallest absolute Gasteiger partial charge is 0.482 e. The topological polar surface area (TPSA) is 145 Å². The second-order valence-electron chi connectivity index (χ2n) is 11.4. The molecular weight excluding hydrogens is 721 g/mol. The molecule has 53 heavy (non-hydrogen) atoms. The molecule has 2 aromatic heterocycles. The number of anilines is 3. The number of carboxylic acids is 1. The third kappa shape index (κ3) is 11.3. The number of carboxylic acid groups (broad SMARTS) is 1. The number of rotatable bonds is 10. The molecule has 0 bridgehead atoms. The van der Waals surface area contributed by atoms with Crippen LogP contribution >= 0.6 is 0 Å².